The first kappa shape index (κ1) is 12.4. The summed E-state index contributed by atoms with van der Waals surface area (Å²) in [6, 6.07) is 10.3. The molecule has 0 unspecified atom stereocenters. The van der Waals surface area contributed by atoms with Gasteiger partial charge in [0, 0.05) is 11.8 Å². The van der Waals surface area contributed by atoms with Crippen molar-refractivity contribution in [1.82, 2.24) is 0 Å². The third kappa shape index (κ3) is 2.62. The van der Waals surface area contributed by atoms with Gasteiger partial charge in [-0.3, -0.25) is 0 Å². The van der Waals surface area contributed by atoms with Crippen molar-refractivity contribution in [3.8, 4) is 5.75 Å². The van der Waals surface area contributed by atoms with Gasteiger partial charge in [0.05, 0.1) is 7.11 Å². The van der Waals surface area contributed by atoms with E-state index in [9.17, 15) is 4.39 Å². The molecule has 94 valence electrons. The largest absolute Gasteiger partial charge is 0.497 e. The van der Waals surface area contributed by atoms with Crippen molar-refractivity contribution >= 4 is 5.69 Å². The lowest BCUT2D eigenvalue weighted by Crippen LogP contribution is -1.99. The van der Waals surface area contributed by atoms with E-state index in [1.165, 1.54) is 12.1 Å². The highest BCUT2D eigenvalue weighted by atomic mass is 19.1. The maximum atomic E-state index is 13.1. The molecule has 3 heteroatoms. The summed E-state index contributed by atoms with van der Waals surface area (Å²) < 4.78 is 18.3. The second-order valence-electron chi connectivity index (χ2n) is 4.31. The predicted octanol–water partition coefficient (Wildman–Crippen LogP) is 3.32. The zero-order valence-corrected chi connectivity index (χ0v) is 10.5. The molecule has 0 atom stereocenters. The van der Waals surface area contributed by atoms with Crippen molar-refractivity contribution in [2.24, 2.45) is 0 Å². The molecule has 0 bridgehead atoms. The molecule has 2 nitrogen and oxygen atoms in total. The zero-order chi connectivity index (χ0) is 13.1. The molecule has 2 aromatic rings. The Bertz CT molecular complexity index is 566. The van der Waals surface area contributed by atoms with Gasteiger partial charge in [-0.15, -0.1) is 0 Å². The minimum atomic E-state index is -0.221. The molecule has 2 aromatic carbocycles. The van der Waals surface area contributed by atoms with Gasteiger partial charge in [0.2, 0.25) is 0 Å². The smallest absolute Gasteiger partial charge is 0.123 e. The van der Waals surface area contributed by atoms with Crippen LogP contribution in [0.25, 0.3) is 0 Å². The molecule has 0 saturated carbocycles. The van der Waals surface area contributed by atoms with E-state index in [1.54, 1.807) is 19.2 Å². The fourth-order valence-electron chi connectivity index (χ4n) is 1.94. The molecule has 2 rings (SSSR count). The number of halogens is 1. The highest BCUT2D eigenvalue weighted by Gasteiger charge is 2.07. The second-order valence-corrected chi connectivity index (χ2v) is 4.31. The maximum Gasteiger partial charge on any atom is 0.123 e. The van der Waals surface area contributed by atoms with Gasteiger partial charge in [0.15, 0.2) is 0 Å². The quantitative estimate of drug-likeness (QED) is 0.842. The molecule has 0 aliphatic carbocycles. The molecule has 0 aromatic heterocycles. The molecule has 18 heavy (non-hydrogen) atoms. The third-order valence-corrected chi connectivity index (χ3v) is 3.05. The average Bonchev–Trinajstić information content (AvgIpc) is 2.34. The normalized spacial score (nSPS) is 10.4. The standard InChI is InChI=1S/C15H16FNO/c1-10-12(8-14(18-2)9-15(10)17)6-11-4-3-5-13(16)7-11/h3-5,7-9H,6,17H2,1-2H3. The Balaban J connectivity index is 2.36. The van der Waals surface area contributed by atoms with Crippen LogP contribution in [0.4, 0.5) is 10.1 Å². The van der Waals surface area contributed by atoms with Gasteiger partial charge in [0.1, 0.15) is 11.6 Å². The number of ether oxygens (including phenoxy) is 1. The van der Waals surface area contributed by atoms with E-state index in [-0.39, 0.29) is 5.82 Å². The van der Waals surface area contributed by atoms with E-state index in [2.05, 4.69) is 0 Å². The first-order chi connectivity index (χ1) is 8.60. The van der Waals surface area contributed by atoms with Gasteiger partial charge < -0.3 is 10.5 Å². The number of methoxy groups -OCH3 is 1. The van der Waals surface area contributed by atoms with E-state index < -0.39 is 0 Å². The topological polar surface area (TPSA) is 35.2 Å². The van der Waals surface area contributed by atoms with Crippen molar-refractivity contribution in [2.45, 2.75) is 13.3 Å². The van der Waals surface area contributed by atoms with E-state index in [0.29, 0.717) is 12.1 Å². The fraction of sp³-hybridized carbons (Fsp3) is 0.200. The van der Waals surface area contributed by atoms with Gasteiger partial charge in [0.25, 0.3) is 0 Å². The summed E-state index contributed by atoms with van der Waals surface area (Å²) in [5.74, 6) is 0.505. The maximum absolute atomic E-state index is 13.1. The van der Waals surface area contributed by atoms with Crippen LogP contribution in [0.15, 0.2) is 36.4 Å². The molecule has 0 amide bonds. The Morgan fingerprint density at radius 2 is 2.00 bits per heavy atom. The predicted molar refractivity (Wildman–Crippen MR) is 71.3 cm³/mol. The summed E-state index contributed by atoms with van der Waals surface area (Å²) in [7, 11) is 1.61. The first-order valence-corrected chi connectivity index (χ1v) is 5.77. The lowest BCUT2D eigenvalue weighted by molar-refractivity contribution is 0.414. The summed E-state index contributed by atoms with van der Waals surface area (Å²) in [6.07, 6.45) is 0.644. The summed E-state index contributed by atoms with van der Waals surface area (Å²) in [4.78, 5) is 0. The van der Waals surface area contributed by atoms with Crippen LogP contribution in [0.1, 0.15) is 16.7 Å². The third-order valence-electron chi connectivity index (χ3n) is 3.05. The lowest BCUT2D eigenvalue weighted by Gasteiger charge is -2.11. The van der Waals surface area contributed by atoms with Crippen LogP contribution < -0.4 is 10.5 Å². The van der Waals surface area contributed by atoms with Crippen LogP contribution in [0.2, 0.25) is 0 Å². The summed E-state index contributed by atoms with van der Waals surface area (Å²) >= 11 is 0. The van der Waals surface area contributed by atoms with Crippen molar-refractivity contribution in [3.05, 3.63) is 58.9 Å². The van der Waals surface area contributed by atoms with E-state index in [0.717, 1.165) is 22.4 Å². The van der Waals surface area contributed by atoms with Crippen molar-refractivity contribution in [3.63, 3.8) is 0 Å². The molecule has 0 aliphatic rings. The Labute approximate surface area is 106 Å². The summed E-state index contributed by atoms with van der Waals surface area (Å²) in [5, 5.41) is 0. The van der Waals surface area contributed by atoms with Crippen LogP contribution in [-0.2, 0) is 6.42 Å². The first-order valence-electron chi connectivity index (χ1n) is 5.77. The monoisotopic (exact) mass is 245 g/mol. The van der Waals surface area contributed by atoms with Crippen LogP contribution in [0.5, 0.6) is 5.75 Å². The number of rotatable bonds is 3. The van der Waals surface area contributed by atoms with Gasteiger partial charge in [-0.1, -0.05) is 12.1 Å². The highest BCUT2D eigenvalue weighted by Crippen LogP contribution is 2.26. The summed E-state index contributed by atoms with van der Waals surface area (Å²) in [5.41, 5.74) is 9.61. The van der Waals surface area contributed by atoms with Gasteiger partial charge in [-0.25, -0.2) is 4.39 Å². The molecule has 0 fully saturated rings. The number of nitrogens with two attached hydrogens (primary N) is 1. The minimum Gasteiger partial charge on any atom is -0.497 e. The molecule has 0 radical (unpaired) electrons. The van der Waals surface area contributed by atoms with E-state index in [4.69, 9.17) is 10.5 Å². The molecule has 0 heterocycles. The SMILES string of the molecule is COc1cc(N)c(C)c(Cc2cccc(F)c2)c1. The molecule has 2 N–H and O–H groups in total. The second kappa shape index (κ2) is 5.08. The zero-order valence-electron chi connectivity index (χ0n) is 10.5. The van der Waals surface area contributed by atoms with Crippen LogP contribution in [0.3, 0.4) is 0 Å². The van der Waals surface area contributed by atoms with Crippen LogP contribution >= 0.6 is 0 Å². The minimum absolute atomic E-state index is 0.221. The number of benzene rings is 2. The van der Waals surface area contributed by atoms with Crippen molar-refractivity contribution < 1.29 is 9.13 Å². The molecular weight excluding hydrogens is 229 g/mol. The lowest BCUT2D eigenvalue weighted by atomic mass is 9.99. The van der Waals surface area contributed by atoms with Gasteiger partial charge in [-0.05, 0) is 48.2 Å². The number of hydrogen-bond acceptors (Lipinski definition) is 2. The molecule has 0 saturated heterocycles. The number of nitrogen functional groups attached to an aromatic ring is 1. The van der Waals surface area contributed by atoms with Crippen molar-refractivity contribution in [1.29, 1.82) is 0 Å². The molecule has 0 spiro atoms. The fourth-order valence-corrected chi connectivity index (χ4v) is 1.94. The average molecular weight is 245 g/mol. The van der Waals surface area contributed by atoms with Crippen molar-refractivity contribution in [2.75, 3.05) is 12.8 Å². The Morgan fingerprint density at radius 1 is 1.22 bits per heavy atom. The van der Waals surface area contributed by atoms with Gasteiger partial charge >= 0.3 is 0 Å². The molecule has 0 aliphatic heterocycles. The number of anilines is 1. The molecular formula is C15H16FNO. The van der Waals surface area contributed by atoms with E-state index >= 15 is 0 Å². The van der Waals surface area contributed by atoms with Crippen LogP contribution in [0, 0.1) is 12.7 Å². The Morgan fingerprint density at radius 3 is 2.67 bits per heavy atom. The van der Waals surface area contributed by atoms with Crippen LogP contribution in [-0.4, -0.2) is 7.11 Å². The highest BCUT2D eigenvalue weighted by molar-refractivity contribution is 5.55. The number of hydrogen-bond donors (Lipinski definition) is 1. The van der Waals surface area contributed by atoms with E-state index in [1.807, 2.05) is 19.1 Å². The van der Waals surface area contributed by atoms with Gasteiger partial charge in [-0.2, -0.15) is 0 Å². The Kier molecular flexibility index (Phi) is 3.51. The Hall–Kier alpha value is -2.03. The summed E-state index contributed by atoms with van der Waals surface area (Å²) in [6.45, 7) is 1.96.